The molecule has 1 amide bonds. The number of carbonyl (C=O) groups excluding carboxylic acids is 1. The van der Waals surface area contributed by atoms with Crippen LogP contribution in [0, 0.1) is 0 Å². The highest BCUT2D eigenvalue weighted by Gasteiger charge is 2.12. The molecular formula is C15H21ClN2OS. The van der Waals surface area contributed by atoms with Gasteiger partial charge in [-0.1, -0.05) is 18.2 Å². The van der Waals surface area contributed by atoms with E-state index in [4.69, 9.17) is 5.73 Å². The van der Waals surface area contributed by atoms with E-state index in [2.05, 4.69) is 17.5 Å². The van der Waals surface area contributed by atoms with E-state index in [1.165, 1.54) is 15.6 Å². The molecule has 2 rings (SSSR count). The first-order valence-corrected chi connectivity index (χ1v) is 7.40. The summed E-state index contributed by atoms with van der Waals surface area (Å²) in [6.07, 6.45) is 1.27. The first-order chi connectivity index (χ1) is 9.08. The fourth-order valence-electron chi connectivity index (χ4n) is 2.04. The summed E-state index contributed by atoms with van der Waals surface area (Å²) < 4.78 is 1.27. The van der Waals surface area contributed by atoms with Crippen LogP contribution in [0.5, 0.6) is 0 Å². The molecule has 2 aromatic rings. The number of amides is 1. The molecule has 3 nitrogen and oxygen atoms in total. The van der Waals surface area contributed by atoms with Gasteiger partial charge in [0.15, 0.2) is 0 Å². The van der Waals surface area contributed by atoms with Crippen molar-refractivity contribution < 1.29 is 4.79 Å². The molecule has 1 unspecified atom stereocenters. The minimum absolute atomic E-state index is 0. The average Bonchev–Trinajstić information content (AvgIpc) is 2.79. The van der Waals surface area contributed by atoms with Crippen LogP contribution in [0.1, 0.15) is 25.3 Å². The van der Waals surface area contributed by atoms with Crippen LogP contribution in [0.3, 0.4) is 0 Å². The van der Waals surface area contributed by atoms with Gasteiger partial charge in [-0.05, 0) is 35.7 Å². The molecule has 0 aliphatic rings. The van der Waals surface area contributed by atoms with Crippen molar-refractivity contribution in [3.63, 3.8) is 0 Å². The van der Waals surface area contributed by atoms with E-state index in [1.54, 1.807) is 16.2 Å². The van der Waals surface area contributed by atoms with E-state index in [0.29, 0.717) is 13.0 Å². The average molecular weight is 313 g/mol. The van der Waals surface area contributed by atoms with Crippen molar-refractivity contribution >= 4 is 39.7 Å². The summed E-state index contributed by atoms with van der Waals surface area (Å²) in [7, 11) is 1.86. The summed E-state index contributed by atoms with van der Waals surface area (Å²) in [6.45, 7) is 2.60. The Bertz CT molecular complexity index is 568. The third-order valence-electron chi connectivity index (χ3n) is 3.21. The molecular weight excluding hydrogens is 292 g/mol. The highest BCUT2D eigenvalue weighted by molar-refractivity contribution is 7.17. The fraction of sp³-hybridized carbons (Fsp3) is 0.400. The number of carbonyl (C=O) groups is 1. The Balaban J connectivity index is 0.00000200. The van der Waals surface area contributed by atoms with Gasteiger partial charge >= 0.3 is 0 Å². The van der Waals surface area contributed by atoms with E-state index in [0.717, 1.165) is 6.42 Å². The molecule has 0 aliphatic carbocycles. The van der Waals surface area contributed by atoms with Crippen molar-refractivity contribution in [3.05, 3.63) is 35.2 Å². The number of nitrogens with two attached hydrogens (primary N) is 1. The number of benzene rings is 1. The molecule has 0 bridgehead atoms. The third kappa shape index (κ3) is 4.20. The highest BCUT2D eigenvalue weighted by atomic mass is 35.5. The molecule has 110 valence electrons. The maximum absolute atomic E-state index is 12.0. The van der Waals surface area contributed by atoms with Gasteiger partial charge < -0.3 is 10.6 Å². The molecule has 20 heavy (non-hydrogen) atoms. The van der Waals surface area contributed by atoms with Gasteiger partial charge in [0.1, 0.15) is 0 Å². The van der Waals surface area contributed by atoms with Gasteiger partial charge in [0.2, 0.25) is 5.91 Å². The van der Waals surface area contributed by atoms with Gasteiger partial charge in [0.05, 0.1) is 0 Å². The molecule has 0 aliphatic heterocycles. The van der Waals surface area contributed by atoms with Crippen LogP contribution in [-0.4, -0.2) is 23.9 Å². The van der Waals surface area contributed by atoms with Crippen molar-refractivity contribution in [3.8, 4) is 0 Å². The van der Waals surface area contributed by atoms with Crippen LogP contribution < -0.4 is 5.73 Å². The lowest BCUT2D eigenvalue weighted by Gasteiger charge is -2.17. The number of hydrogen-bond acceptors (Lipinski definition) is 3. The van der Waals surface area contributed by atoms with Crippen molar-refractivity contribution in [2.45, 2.75) is 32.4 Å². The lowest BCUT2D eigenvalue weighted by atomic mass is 10.1. The molecule has 0 radical (unpaired) electrons. The van der Waals surface area contributed by atoms with E-state index in [9.17, 15) is 4.79 Å². The largest absolute Gasteiger partial charge is 0.341 e. The van der Waals surface area contributed by atoms with E-state index in [1.807, 2.05) is 26.1 Å². The van der Waals surface area contributed by atoms with Crippen LogP contribution in [0.25, 0.3) is 10.1 Å². The maximum atomic E-state index is 12.0. The summed E-state index contributed by atoms with van der Waals surface area (Å²) in [5.41, 5.74) is 6.90. The van der Waals surface area contributed by atoms with Crippen LogP contribution in [-0.2, 0) is 11.3 Å². The topological polar surface area (TPSA) is 46.3 Å². The number of thiophene rings is 1. The third-order valence-corrected chi connectivity index (χ3v) is 4.22. The molecule has 5 heteroatoms. The molecule has 0 fully saturated rings. The molecule has 1 aromatic heterocycles. The van der Waals surface area contributed by atoms with Gasteiger partial charge in [0.25, 0.3) is 0 Å². The standard InChI is InChI=1S/C15H20N2OS.ClH/c1-11(16)7-8-15(18)17(2)9-12-10-19-14-6-4-3-5-13(12)14;/h3-6,10-11H,7-9,16H2,1-2H3;1H. The summed E-state index contributed by atoms with van der Waals surface area (Å²) in [6, 6.07) is 8.39. The molecule has 1 aromatic carbocycles. The van der Waals surface area contributed by atoms with Gasteiger partial charge in [-0.2, -0.15) is 0 Å². The Hall–Kier alpha value is -1.10. The zero-order chi connectivity index (χ0) is 13.8. The molecule has 1 heterocycles. The Labute approximate surface area is 130 Å². The van der Waals surface area contributed by atoms with Crippen molar-refractivity contribution in [1.29, 1.82) is 0 Å². The van der Waals surface area contributed by atoms with Crippen LogP contribution >= 0.6 is 23.7 Å². The SMILES string of the molecule is CC(N)CCC(=O)N(C)Cc1csc2ccccc12.Cl. The zero-order valence-electron chi connectivity index (χ0n) is 11.8. The first kappa shape index (κ1) is 17.0. The minimum Gasteiger partial charge on any atom is -0.341 e. The lowest BCUT2D eigenvalue weighted by molar-refractivity contribution is -0.130. The normalized spacial score (nSPS) is 11.9. The van der Waals surface area contributed by atoms with Gasteiger partial charge in [0, 0.05) is 30.8 Å². The lowest BCUT2D eigenvalue weighted by Crippen LogP contribution is -2.27. The Morgan fingerprint density at radius 2 is 2.10 bits per heavy atom. The second-order valence-corrected chi connectivity index (χ2v) is 5.93. The summed E-state index contributed by atoms with van der Waals surface area (Å²) in [5.74, 6) is 0.160. The summed E-state index contributed by atoms with van der Waals surface area (Å²) in [5, 5.41) is 3.39. The molecule has 1 atom stereocenters. The number of hydrogen-bond donors (Lipinski definition) is 1. The van der Waals surface area contributed by atoms with Gasteiger partial charge in [-0.3, -0.25) is 4.79 Å². The second-order valence-electron chi connectivity index (χ2n) is 5.02. The molecule has 0 spiro atoms. The Kier molecular flexibility index (Phi) is 6.46. The molecule has 2 N–H and O–H groups in total. The maximum Gasteiger partial charge on any atom is 0.222 e. The van der Waals surface area contributed by atoms with Crippen LogP contribution in [0.4, 0.5) is 0 Å². The van der Waals surface area contributed by atoms with Crippen LogP contribution in [0.2, 0.25) is 0 Å². The molecule has 0 saturated carbocycles. The minimum atomic E-state index is 0. The second kappa shape index (κ2) is 7.62. The van der Waals surface area contributed by atoms with Crippen LogP contribution in [0.15, 0.2) is 29.6 Å². The number of nitrogens with zero attached hydrogens (tertiary/aromatic N) is 1. The Morgan fingerprint density at radius 1 is 1.40 bits per heavy atom. The smallest absolute Gasteiger partial charge is 0.222 e. The Morgan fingerprint density at radius 3 is 2.80 bits per heavy atom. The predicted octanol–water partition coefficient (Wildman–Crippen LogP) is 3.41. The van der Waals surface area contributed by atoms with E-state index in [-0.39, 0.29) is 24.4 Å². The van der Waals surface area contributed by atoms with E-state index >= 15 is 0 Å². The number of halogens is 1. The quantitative estimate of drug-likeness (QED) is 0.919. The van der Waals surface area contributed by atoms with E-state index < -0.39 is 0 Å². The van der Waals surface area contributed by atoms with Crippen molar-refractivity contribution in [1.82, 2.24) is 4.90 Å². The zero-order valence-corrected chi connectivity index (χ0v) is 13.5. The fourth-order valence-corrected chi connectivity index (χ4v) is 2.99. The van der Waals surface area contributed by atoms with Gasteiger partial charge in [-0.25, -0.2) is 0 Å². The van der Waals surface area contributed by atoms with Crippen molar-refractivity contribution in [2.24, 2.45) is 5.73 Å². The summed E-state index contributed by atoms with van der Waals surface area (Å²) in [4.78, 5) is 13.8. The van der Waals surface area contributed by atoms with Gasteiger partial charge in [-0.15, -0.1) is 23.7 Å². The predicted molar refractivity (Wildman–Crippen MR) is 88.4 cm³/mol. The monoisotopic (exact) mass is 312 g/mol. The first-order valence-electron chi connectivity index (χ1n) is 6.52. The number of fused-ring (bicyclic) bond motifs is 1. The molecule has 0 saturated heterocycles. The number of rotatable bonds is 5. The van der Waals surface area contributed by atoms with Crippen molar-refractivity contribution in [2.75, 3.05) is 7.05 Å². The highest BCUT2D eigenvalue weighted by Crippen LogP contribution is 2.26. The summed E-state index contributed by atoms with van der Waals surface area (Å²) >= 11 is 1.73.